The van der Waals surface area contributed by atoms with Crippen LogP contribution in [0.15, 0.2) is 17.3 Å². The highest BCUT2D eigenvalue weighted by Crippen LogP contribution is 2.12. The third kappa shape index (κ3) is 2.48. The van der Waals surface area contributed by atoms with E-state index in [1.165, 1.54) is 5.57 Å². The number of aryl methyl sites for hydroxylation is 1. The van der Waals surface area contributed by atoms with Gasteiger partial charge in [-0.25, -0.2) is 4.98 Å². The number of nitrogens with zero attached hydrogens (tertiary/aromatic N) is 1. The summed E-state index contributed by atoms with van der Waals surface area (Å²) in [5.74, 6) is 0.0301. The van der Waals surface area contributed by atoms with Crippen molar-refractivity contribution < 1.29 is 4.79 Å². The van der Waals surface area contributed by atoms with E-state index < -0.39 is 0 Å². The molecule has 16 heavy (non-hydrogen) atoms. The molecular weight excluding hydrogens is 222 g/mol. The molecule has 2 N–H and O–H groups in total. The predicted octanol–water partition coefficient (Wildman–Crippen LogP) is 0.987. The largest absolute Gasteiger partial charge is 0.347 e. The molecule has 0 aromatic carbocycles. The van der Waals surface area contributed by atoms with Crippen LogP contribution in [-0.4, -0.2) is 24.0 Å². The zero-order valence-electron chi connectivity index (χ0n) is 9.46. The standard InChI is InChI=1S/C11H15N3OS/c1-7(9-3-12-4-9)11(15)14-6-10-5-13-8(2)16-10/h5,12H,3-4,6H2,1-2H3,(H,14,15). The number of nitrogens with one attached hydrogen (secondary N) is 2. The summed E-state index contributed by atoms with van der Waals surface area (Å²) in [7, 11) is 0. The SMILES string of the molecule is CC(C(=O)NCc1cnc(C)s1)=C1CNC1. The minimum atomic E-state index is 0.0301. The molecule has 0 aliphatic carbocycles. The Morgan fingerprint density at radius 2 is 2.38 bits per heavy atom. The van der Waals surface area contributed by atoms with Gasteiger partial charge in [-0.3, -0.25) is 4.79 Å². The summed E-state index contributed by atoms with van der Waals surface area (Å²) in [4.78, 5) is 17.0. The van der Waals surface area contributed by atoms with Gasteiger partial charge in [-0.15, -0.1) is 11.3 Å². The Morgan fingerprint density at radius 3 is 2.88 bits per heavy atom. The second-order valence-electron chi connectivity index (χ2n) is 3.86. The number of amides is 1. The second-order valence-corrected chi connectivity index (χ2v) is 5.18. The predicted molar refractivity (Wildman–Crippen MR) is 64.3 cm³/mol. The Balaban J connectivity index is 1.88. The maximum Gasteiger partial charge on any atom is 0.247 e. The lowest BCUT2D eigenvalue weighted by atomic mass is 10.0. The molecule has 0 unspecified atom stereocenters. The lowest BCUT2D eigenvalue weighted by molar-refractivity contribution is -0.117. The highest BCUT2D eigenvalue weighted by Gasteiger charge is 2.15. The summed E-state index contributed by atoms with van der Waals surface area (Å²) in [6, 6.07) is 0. The van der Waals surface area contributed by atoms with Crippen LogP contribution in [0.1, 0.15) is 16.8 Å². The van der Waals surface area contributed by atoms with Crippen molar-refractivity contribution in [2.24, 2.45) is 0 Å². The van der Waals surface area contributed by atoms with E-state index in [1.54, 1.807) is 11.3 Å². The summed E-state index contributed by atoms with van der Waals surface area (Å²) in [5, 5.41) is 7.07. The van der Waals surface area contributed by atoms with Gasteiger partial charge in [0.25, 0.3) is 0 Å². The van der Waals surface area contributed by atoms with Crippen LogP contribution in [0, 0.1) is 6.92 Å². The van der Waals surface area contributed by atoms with E-state index in [0.29, 0.717) is 6.54 Å². The van der Waals surface area contributed by atoms with Gasteiger partial charge in [-0.05, 0) is 19.4 Å². The fraction of sp³-hybridized carbons (Fsp3) is 0.455. The summed E-state index contributed by atoms with van der Waals surface area (Å²) < 4.78 is 0. The zero-order chi connectivity index (χ0) is 11.5. The molecule has 0 saturated carbocycles. The van der Waals surface area contributed by atoms with Crippen molar-refractivity contribution in [3.63, 3.8) is 0 Å². The van der Waals surface area contributed by atoms with Gasteiger partial charge >= 0.3 is 0 Å². The van der Waals surface area contributed by atoms with E-state index in [-0.39, 0.29) is 5.91 Å². The highest BCUT2D eigenvalue weighted by molar-refractivity contribution is 7.11. The Labute approximate surface area is 98.8 Å². The fourth-order valence-electron chi connectivity index (χ4n) is 1.46. The molecule has 2 rings (SSSR count). The van der Waals surface area contributed by atoms with E-state index in [2.05, 4.69) is 15.6 Å². The van der Waals surface area contributed by atoms with E-state index in [9.17, 15) is 4.79 Å². The average molecular weight is 237 g/mol. The Bertz CT molecular complexity index is 430. The number of thiazole rings is 1. The first-order chi connectivity index (χ1) is 7.66. The van der Waals surface area contributed by atoms with Crippen molar-refractivity contribution >= 4 is 17.2 Å². The van der Waals surface area contributed by atoms with E-state index >= 15 is 0 Å². The Kier molecular flexibility index (Phi) is 3.36. The third-order valence-corrected chi connectivity index (χ3v) is 3.55. The molecule has 4 nitrogen and oxygen atoms in total. The van der Waals surface area contributed by atoms with Crippen LogP contribution in [0.3, 0.4) is 0 Å². The number of aromatic nitrogens is 1. The molecule has 1 fully saturated rings. The molecule has 86 valence electrons. The van der Waals surface area contributed by atoms with Crippen molar-refractivity contribution in [2.75, 3.05) is 13.1 Å². The minimum Gasteiger partial charge on any atom is -0.347 e. The molecule has 1 aliphatic heterocycles. The van der Waals surface area contributed by atoms with Crippen LogP contribution in [-0.2, 0) is 11.3 Å². The number of hydrogen-bond donors (Lipinski definition) is 2. The van der Waals surface area contributed by atoms with Crippen LogP contribution < -0.4 is 10.6 Å². The summed E-state index contributed by atoms with van der Waals surface area (Å²) in [6.07, 6.45) is 1.81. The summed E-state index contributed by atoms with van der Waals surface area (Å²) in [6.45, 7) is 6.10. The van der Waals surface area contributed by atoms with Crippen LogP contribution in [0.5, 0.6) is 0 Å². The quantitative estimate of drug-likeness (QED) is 0.771. The molecule has 1 saturated heterocycles. The maximum absolute atomic E-state index is 11.7. The minimum absolute atomic E-state index is 0.0301. The van der Waals surface area contributed by atoms with Crippen LogP contribution in [0.4, 0.5) is 0 Å². The van der Waals surface area contributed by atoms with Crippen LogP contribution >= 0.6 is 11.3 Å². The summed E-state index contributed by atoms with van der Waals surface area (Å²) >= 11 is 1.62. The Morgan fingerprint density at radius 1 is 1.62 bits per heavy atom. The van der Waals surface area contributed by atoms with Crippen molar-refractivity contribution in [2.45, 2.75) is 20.4 Å². The smallest absolute Gasteiger partial charge is 0.247 e. The molecule has 2 heterocycles. The molecule has 1 aromatic heterocycles. The van der Waals surface area contributed by atoms with Crippen LogP contribution in [0.2, 0.25) is 0 Å². The molecular formula is C11H15N3OS. The van der Waals surface area contributed by atoms with E-state index in [1.807, 2.05) is 20.0 Å². The topological polar surface area (TPSA) is 54.0 Å². The van der Waals surface area contributed by atoms with Crippen molar-refractivity contribution in [3.8, 4) is 0 Å². The lowest BCUT2D eigenvalue weighted by Crippen LogP contribution is -2.37. The van der Waals surface area contributed by atoms with Gasteiger partial charge in [0.15, 0.2) is 0 Å². The first kappa shape index (κ1) is 11.3. The second kappa shape index (κ2) is 4.76. The highest BCUT2D eigenvalue weighted by atomic mass is 32.1. The fourth-order valence-corrected chi connectivity index (χ4v) is 2.20. The molecule has 5 heteroatoms. The maximum atomic E-state index is 11.7. The van der Waals surface area contributed by atoms with Crippen molar-refractivity contribution in [1.29, 1.82) is 0 Å². The first-order valence-electron chi connectivity index (χ1n) is 5.25. The number of carbonyl (C=O) groups is 1. The lowest BCUT2D eigenvalue weighted by Gasteiger charge is -2.21. The third-order valence-electron chi connectivity index (χ3n) is 2.64. The molecule has 1 aliphatic rings. The molecule has 0 spiro atoms. The summed E-state index contributed by atoms with van der Waals surface area (Å²) in [5.41, 5.74) is 2.05. The number of rotatable bonds is 3. The molecule has 0 atom stereocenters. The van der Waals surface area contributed by atoms with Gasteiger partial charge in [0.1, 0.15) is 0 Å². The first-order valence-corrected chi connectivity index (χ1v) is 6.07. The van der Waals surface area contributed by atoms with E-state index in [0.717, 1.165) is 28.5 Å². The normalized spacial score (nSPS) is 14.5. The van der Waals surface area contributed by atoms with Gasteiger partial charge in [-0.2, -0.15) is 0 Å². The molecule has 0 bridgehead atoms. The van der Waals surface area contributed by atoms with Crippen molar-refractivity contribution in [3.05, 3.63) is 27.2 Å². The number of carbonyl (C=O) groups excluding carboxylic acids is 1. The Hall–Kier alpha value is -1.20. The van der Waals surface area contributed by atoms with Crippen LogP contribution in [0.25, 0.3) is 0 Å². The molecule has 1 aromatic rings. The zero-order valence-corrected chi connectivity index (χ0v) is 10.3. The van der Waals surface area contributed by atoms with Gasteiger partial charge in [-0.1, -0.05) is 0 Å². The van der Waals surface area contributed by atoms with Gasteiger partial charge < -0.3 is 10.6 Å². The van der Waals surface area contributed by atoms with E-state index in [4.69, 9.17) is 0 Å². The van der Waals surface area contributed by atoms with Gasteiger partial charge in [0, 0.05) is 29.7 Å². The van der Waals surface area contributed by atoms with Gasteiger partial charge in [0.2, 0.25) is 5.91 Å². The molecule has 1 amide bonds. The monoisotopic (exact) mass is 237 g/mol. The van der Waals surface area contributed by atoms with Crippen molar-refractivity contribution in [1.82, 2.24) is 15.6 Å². The molecule has 0 radical (unpaired) electrons. The average Bonchev–Trinajstić information content (AvgIpc) is 2.58. The number of hydrogen-bond acceptors (Lipinski definition) is 4. The van der Waals surface area contributed by atoms with Gasteiger partial charge in [0.05, 0.1) is 11.6 Å².